The average molecular weight is 173 g/mol. The Hall–Kier alpha value is -0.530. The van der Waals surface area contributed by atoms with Crippen molar-refractivity contribution in [3.8, 4) is 0 Å². The summed E-state index contributed by atoms with van der Waals surface area (Å²) in [4.78, 5) is 10.0. The number of nitrogens with one attached hydrogen (secondary N) is 1. The topological polar surface area (TPSA) is 29.1 Å². The minimum atomic E-state index is 0.326. The molecule has 1 N–H and O–H groups in total. The first-order valence-electron chi connectivity index (χ1n) is 4.95. The molecule has 0 heterocycles. The SMILES string of the molecule is CC.CCC(CC)C(C)NC=O. The summed E-state index contributed by atoms with van der Waals surface area (Å²) >= 11 is 0. The van der Waals surface area contributed by atoms with Crippen LogP contribution in [0.1, 0.15) is 47.5 Å². The summed E-state index contributed by atoms with van der Waals surface area (Å²) in [5.41, 5.74) is 0. The van der Waals surface area contributed by atoms with Gasteiger partial charge in [0, 0.05) is 6.04 Å². The molecule has 0 fully saturated rings. The van der Waals surface area contributed by atoms with E-state index < -0.39 is 0 Å². The van der Waals surface area contributed by atoms with Crippen LogP contribution in [0.4, 0.5) is 0 Å². The van der Waals surface area contributed by atoms with Crippen LogP contribution in [0.2, 0.25) is 0 Å². The van der Waals surface area contributed by atoms with Crippen molar-refractivity contribution in [2.75, 3.05) is 0 Å². The second kappa shape index (κ2) is 10.5. The lowest BCUT2D eigenvalue weighted by Gasteiger charge is -2.19. The molecule has 0 radical (unpaired) electrons. The normalized spacial score (nSPS) is 11.5. The maximum Gasteiger partial charge on any atom is 0.207 e. The molecule has 0 rings (SSSR count). The number of rotatable bonds is 5. The number of hydrogen-bond acceptors (Lipinski definition) is 1. The van der Waals surface area contributed by atoms with Gasteiger partial charge in [-0.25, -0.2) is 0 Å². The van der Waals surface area contributed by atoms with E-state index in [1.807, 2.05) is 20.8 Å². The summed E-state index contributed by atoms with van der Waals surface area (Å²) in [5, 5.41) is 2.77. The number of amides is 1. The Morgan fingerprint density at radius 2 is 1.67 bits per heavy atom. The van der Waals surface area contributed by atoms with Crippen LogP contribution in [0.15, 0.2) is 0 Å². The van der Waals surface area contributed by atoms with Gasteiger partial charge in [0.15, 0.2) is 0 Å². The lowest BCUT2D eigenvalue weighted by atomic mass is 9.96. The van der Waals surface area contributed by atoms with Gasteiger partial charge in [0.25, 0.3) is 0 Å². The second-order valence-corrected chi connectivity index (χ2v) is 2.65. The van der Waals surface area contributed by atoms with Crippen molar-refractivity contribution >= 4 is 6.41 Å². The van der Waals surface area contributed by atoms with Gasteiger partial charge in [0.1, 0.15) is 0 Å². The van der Waals surface area contributed by atoms with Crippen molar-refractivity contribution in [1.29, 1.82) is 0 Å². The zero-order chi connectivity index (χ0) is 9.98. The Kier molecular flexibility index (Phi) is 12.2. The van der Waals surface area contributed by atoms with Crippen LogP contribution in [0.3, 0.4) is 0 Å². The largest absolute Gasteiger partial charge is 0.356 e. The molecular weight excluding hydrogens is 150 g/mol. The van der Waals surface area contributed by atoms with E-state index in [0.717, 1.165) is 19.3 Å². The fraction of sp³-hybridized carbons (Fsp3) is 0.900. The summed E-state index contributed by atoms with van der Waals surface area (Å²) < 4.78 is 0. The predicted molar refractivity (Wildman–Crippen MR) is 54.1 cm³/mol. The highest BCUT2D eigenvalue weighted by Gasteiger charge is 2.10. The molecule has 2 nitrogen and oxygen atoms in total. The van der Waals surface area contributed by atoms with E-state index in [1.54, 1.807) is 0 Å². The Morgan fingerprint density at radius 3 is 1.92 bits per heavy atom. The van der Waals surface area contributed by atoms with Gasteiger partial charge in [-0.15, -0.1) is 0 Å². The van der Waals surface area contributed by atoms with Crippen molar-refractivity contribution in [2.24, 2.45) is 5.92 Å². The summed E-state index contributed by atoms with van der Waals surface area (Å²) in [5.74, 6) is 0.630. The van der Waals surface area contributed by atoms with Crippen molar-refractivity contribution in [1.82, 2.24) is 5.32 Å². The first kappa shape index (κ1) is 14.0. The lowest BCUT2D eigenvalue weighted by Crippen LogP contribution is -2.31. The third-order valence-electron chi connectivity index (χ3n) is 2.09. The molecule has 0 saturated heterocycles. The van der Waals surface area contributed by atoms with Crippen LogP contribution in [-0.4, -0.2) is 12.5 Å². The monoisotopic (exact) mass is 173 g/mol. The van der Waals surface area contributed by atoms with E-state index in [9.17, 15) is 4.79 Å². The molecule has 74 valence electrons. The molecule has 1 unspecified atom stereocenters. The zero-order valence-electron chi connectivity index (χ0n) is 9.05. The summed E-state index contributed by atoms with van der Waals surface area (Å²) in [6.07, 6.45) is 3.06. The highest BCUT2D eigenvalue weighted by atomic mass is 16.1. The quantitative estimate of drug-likeness (QED) is 0.636. The molecule has 2 heteroatoms. The summed E-state index contributed by atoms with van der Waals surface area (Å²) in [6.45, 7) is 10.3. The van der Waals surface area contributed by atoms with E-state index in [4.69, 9.17) is 0 Å². The van der Waals surface area contributed by atoms with Gasteiger partial charge >= 0.3 is 0 Å². The lowest BCUT2D eigenvalue weighted by molar-refractivity contribution is -0.110. The molecule has 0 aliphatic rings. The van der Waals surface area contributed by atoms with Crippen LogP contribution in [0.5, 0.6) is 0 Å². The Balaban J connectivity index is 0. The maximum atomic E-state index is 10.0. The zero-order valence-corrected chi connectivity index (χ0v) is 9.05. The summed E-state index contributed by atoms with van der Waals surface area (Å²) in [7, 11) is 0. The highest BCUT2D eigenvalue weighted by molar-refractivity contribution is 5.46. The standard InChI is InChI=1S/C8H17NO.C2H6/c1-4-8(5-2)7(3)9-6-10;1-2/h6-8H,4-5H2,1-3H3,(H,9,10);1-2H3. The van der Waals surface area contributed by atoms with Gasteiger partial charge in [0.2, 0.25) is 6.41 Å². The van der Waals surface area contributed by atoms with Gasteiger partial charge in [-0.1, -0.05) is 40.5 Å². The molecule has 0 saturated carbocycles. The van der Waals surface area contributed by atoms with Crippen molar-refractivity contribution < 1.29 is 4.79 Å². The van der Waals surface area contributed by atoms with E-state index in [0.29, 0.717) is 12.0 Å². The van der Waals surface area contributed by atoms with Crippen LogP contribution in [-0.2, 0) is 4.79 Å². The smallest absolute Gasteiger partial charge is 0.207 e. The first-order valence-corrected chi connectivity index (χ1v) is 4.95. The molecule has 0 aromatic rings. The van der Waals surface area contributed by atoms with Crippen molar-refractivity contribution in [3.63, 3.8) is 0 Å². The number of carbonyl (C=O) groups is 1. The number of carbonyl (C=O) groups excluding carboxylic acids is 1. The first-order chi connectivity index (χ1) is 5.76. The maximum absolute atomic E-state index is 10.0. The van der Waals surface area contributed by atoms with E-state index in [-0.39, 0.29) is 0 Å². The van der Waals surface area contributed by atoms with Crippen LogP contribution in [0.25, 0.3) is 0 Å². The minimum Gasteiger partial charge on any atom is -0.356 e. The summed E-state index contributed by atoms with van der Waals surface area (Å²) in [6, 6.07) is 0.326. The van der Waals surface area contributed by atoms with E-state index >= 15 is 0 Å². The van der Waals surface area contributed by atoms with Crippen LogP contribution in [0, 0.1) is 5.92 Å². The van der Waals surface area contributed by atoms with Gasteiger partial charge in [-0.05, 0) is 12.8 Å². The number of hydrogen-bond donors (Lipinski definition) is 1. The third kappa shape index (κ3) is 6.20. The molecule has 12 heavy (non-hydrogen) atoms. The van der Waals surface area contributed by atoms with Crippen molar-refractivity contribution in [2.45, 2.75) is 53.5 Å². The molecule has 0 spiro atoms. The third-order valence-corrected chi connectivity index (χ3v) is 2.09. The second-order valence-electron chi connectivity index (χ2n) is 2.65. The Labute approximate surface area is 76.7 Å². The molecule has 1 amide bonds. The fourth-order valence-electron chi connectivity index (χ4n) is 1.24. The minimum absolute atomic E-state index is 0.326. The van der Waals surface area contributed by atoms with Gasteiger partial charge < -0.3 is 5.32 Å². The Morgan fingerprint density at radius 1 is 1.25 bits per heavy atom. The van der Waals surface area contributed by atoms with Gasteiger partial charge in [-0.3, -0.25) is 4.79 Å². The molecule has 0 aromatic heterocycles. The predicted octanol–water partition coefficient (Wildman–Crippen LogP) is 2.58. The van der Waals surface area contributed by atoms with E-state index in [2.05, 4.69) is 19.2 Å². The molecular formula is C10H23NO. The molecule has 0 aliphatic carbocycles. The van der Waals surface area contributed by atoms with Crippen molar-refractivity contribution in [3.05, 3.63) is 0 Å². The van der Waals surface area contributed by atoms with E-state index in [1.165, 1.54) is 0 Å². The van der Waals surface area contributed by atoms with Gasteiger partial charge in [0.05, 0.1) is 0 Å². The van der Waals surface area contributed by atoms with Crippen LogP contribution >= 0.6 is 0 Å². The fourth-order valence-corrected chi connectivity index (χ4v) is 1.24. The average Bonchev–Trinajstić information content (AvgIpc) is 2.11. The Bertz CT molecular complexity index is 89.8. The molecule has 0 bridgehead atoms. The molecule has 1 atom stereocenters. The van der Waals surface area contributed by atoms with Crippen LogP contribution < -0.4 is 5.32 Å². The molecule has 0 aliphatic heterocycles. The van der Waals surface area contributed by atoms with Gasteiger partial charge in [-0.2, -0.15) is 0 Å². The highest BCUT2D eigenvalue weighted by Crippen LogP contribution is 2.11. The molecule has 0 aromatic carbocycles.